The van der Waals surface area contributed by atoms with Crippen LogP contribution in [0.15, 0.2) is 16.5 Å². The summed E-state index contributed by atoms with van der Waals surface area (Å²) in [5.74, 6) is -0.524. The lowest BCUT2D eigenvalue weighted by molar-refractivity contribution is -0.402. The van der Waals surface area contributed by atoms with E-state index >= 15 is 0 Å². The smallest absolute Gasteiger partial charge is 0.433 e. The van der Waals surface area contributed by atoms with Crippen molar-refractivity contribution in [1.29, 1.82) is 5.41 Å². The second-order valence-electron chi connectivity index (χ2n) is 2.16. The first kappa shape index (κ1) is 9.24. The minimum atomic E-state index is -0.664. The Kier molecular flexibility index (Phi) is 2.63. The van der Waals surface area contributed by atoms with E-state index in [9.17, 15) is 10.1 Å². The maximum Gasteiger partial charge on any atom is 0.433 e. The molecule has 0 aromatic carbocycles. The van der Waals surface area contributed by atoms with Crippen molar-refractivity contribution in [2.24, 2.45) is 0 Å². The average molecular weight is 184 g/mol. The van der Waals surface area contributed by atoms with E-state index in [1.54, 1.807) is 6.92 Å². The number of nitro groups is 1. The molecule has 0 saturated carbocycles. The zero-order valence-electron chi connectivity index (χ0n) is 6.94. The highest BCUT2D eigenvalue weighted by Gasteiger charge is 2.15. The monoisotopic (exact) mass is 184 g/mol. The third kappa shape index (κ3) is 2.05. The van der Waals surface area contributed by atoms with E-state index in [1.165, 1.54) is 12.1 Å². The van der Waals surface area contributed by atoms with Gasteiger partial charge in [0.25, 0.3) is 0 Å². The molecule has 1 aromatic rings. The normalized spacial score (nSPS) is 9.62. The molecule has 1 aromatic heterocycles. The van der Waals surface area contributed by atoms with E-state index in [0.29, 0.717) is 6.61 Å². The first-order chi connectivity index (χ1) is 6.15. The second-order valence-corrected chi connectivity index (χ2v) is 2.16. The average Bonchev–Trinajstić information content (AvgIpc) is 2.52. The summed E-state index contributed by atoms with van der Waals surface area (Å²) in [6.45, 7) is 2.04. The van der Waals surface area contributed by atoms with Crippen molar-refractivity contribution in [3.8, 4) is 0 Å². The minimum absolute atomic E-state index is 0.0635. The van der Waals surface area contributed by atoms with E-state index in [4.69, 9.17) is 14.6 Å². The largest absolute Gasteiger partial charge is 0.476 e. The maximum absolute atomic E-state index is 10.2. The minimum Gasteiger partial charge on any atom is -0.476 e. The van der Waals surface area contributed by atoms with Gasteiger partial charge in [-0.05, 0) is 13.0 Å². The van der Waals surface area contributed by atoms with Gasteiger partial charge in [0.15, 0.2) is 5.76 Å². The molecule has 1 N–H and O–H groups in total. The molecule has 0 fully saturated rings. The summed E-state index contributed by atoms with van der Waals surface area (Å²) < 4.78 is 9.50. The molecular weight excluding hydrogens is 176 g/mol. The molecular formula is C7H8N2O4. The molecule has 0 aliphatic rings. The Morgan fingerprint density at radius 1 is 1.77 bits per heavy atom. The summed E-state index contributed by atoms with van der Waals surface area (Å²) in [5, 5.41) is 17.4. The highest BCUT2D eigenvalue weighted by Crippen LogP contribution is 2.15. The molecule has 1 rings (SSSR count). The molecule has 0 unspecified atom stereocenters. The lowest BCUT2D eigenvalue weighted by atomic mass is 10.4. The van der Waals surface area contributed by atoms with Gasteiger partial charge in [0.2, 0.25) is 5.90 Å². The van der Waals surface area contributed by atoms with Crippen LogP contribution in [0.2, 0.25) is 0 Å². The Morgan fingerprint density at radius 2 is 2.46 bits per heavy atom. The zero-order valence-corrected chi connectivity index (χ0v) is 6.94. The molecule has 0 amide bonds. The molecule has 0 spiro atoms. The van der Waals surface area contributed by atoms with Crippen LogP contribution >= 0.6 is 0 Å². The summed E-state index contributed by atoms with van der Waals surface area (Å²) in [6.07, 6.45) is 0. The molecule has 1 heterocycles. The number of ether oxygens (including phenoxy) is 1. The van der Waals surface area contributed by atoms with Crippen LogP contribution in [0, 0.1) is 15.5 Å². The van der Waals surface area contributed by atoms with Gasteiger partial charge in [0.05, 0.1) is 12.7 Å². The predicted octanol–water partition coefficient (Wildman–Crippen LogP) is 1.55. The van der Waals surface area contributed by atoms with Gasteiger partial charge in [0, 0.05) is 0 Å². The predicted molar refractivity (Wildman–Crippen MR) is 43.8 cm³/mol. The van der Waals surface area contributed by atoms with Crippen molar-refractivity contribution >= 4 is 11.8 Å². The summed E-state index contributed by atoms with van der Waals surface area (Å²) in [5.41, 5.74) is 0. The quantitative estimate of drug-likeness (QED) is 0.334. The van der Waals surface area contributed by atoms with E-state index in [1.807, 2.05) is 0 Å². The van der Waals surface area contributed by atoms with Gasteiger partial charge in [-0.25, -0.2) is 0 Å². The second kappa shape index (κ2) is 3.70. The number of hydrogen-bond acceptors (Lipinski definition) is 5. The van der Waals surface area contributed by atoms with Gasteiger partial charge in [-0.1, -0.05) is 0 Å². The van der Waals surface area contributed by atoms with Gasteiger partial charge >= 0.3 is 5.88 Å². The fourth-order valence-electron chi connectivity index (χ4n) is 0.763. The van der Waals surface area contributed by atoms with Crippen LogP contribution < -0.4 is 0 Å². The molecule has 13 heavy (non-hydrogen) atoms. The number of rotatable bonds is 3. The standard InChI is InChI=1S/C7H8N2O4/c1-2-12-7(8)5-3-4-6(13-5)9(10)11/h3-4,8H,2H2,1H3. The highest BCUT2D eigenvalue weighted by molar-refractivity contribution is 5.88. The summed E-state index contributed by atoms with van der Waals surface area (Å²) in [4.78, 5) is 9.53. The van der Waals surface area contributed by atoms with Crippen LogP contribution in [-0.4, -0.2) is 17.4 Å². The van der Waals surface area contributed by atoms with Crippen LogP contribution in [0.25, 0.3) is 0 Å². The van der Waals surface area contributed by atoms with Crippen molar-refractivity contribution in [1.82, 2.24) is 0 Å². The Bertz CT molecular complexity index is 331. The van der Waals surface area contributed by atoms with Crippen molar-refractivity contribution in [2.75, 3.05) is 6.61 Å². The van der Waals surface area contributed by atoms with E-state index < -0.39 is 4.92 Å². The van der Waals surface area contributed by atoms with Gasteiger partial charge in [-0.2, -0.15) is 0 Å². The third-order valence-corrected chi connectivity index (χ3v) is 1.28. The lowest BCUT2D eigenvalue weighted by Crippen LogP contribution is -2.02. The molecule has 0 atom stereocenters. The lowest BCUT2D eigenvalue weighted by Gasteiger charge is -1.98. The number of nitrogens with zero attached hydrogens (tertiary/aromatic N) is 1. The van der Waals surface area contributed by atoms with E-state index in [2.05, 4.69) is 0 Å². The van der Waals surface area contributed by atoms with Crippen molar-refractivity contribution in [2.45, 2.75) is 6.92 Å². The first-order valence-corrected chi connectivity index (χ1v) is 3.61. The van der Waals surface area contributed by atoms with Crippen molar-refractivity contribution in [3.05, 3.63) is 28.0 Å². The molecule has 0 saturated heterocycles. The number of furan rings is 1. The zero-order chi connectivity index (χ0) is 9.84. The molecule has 6 nitrogen and oxygen atoms in total. The fraction of sp³-hybridized carbons (Fsp3) is 0.286. The fourth-order valence-corrected chi connectivity index (χ4v) is 0.763. The van der Waals surface area contributed by atoms with Gasteiger partial charge in [-0.15, -0.1) is 0 Å². The molecule has 0 bridgehead atoms. The Morgan fingerprint density at radius 3 is 2.92 bits per heavy atom. The van der Waals surface area contributed by atoms with Gasteiger partial charge in [0.1, 0.15) is 4.92 Å². The van der Waals surface area contributed by atoms with Gasteiger partial charge in [-0.3, -0.25) is 15.5 Å². The highest BCUT2D eigenvalue weighted by atomic mass is 16.6. The van der Waals surface area contributed by atoms with E-state index in [0.717, 1.165) is 0 Å². The molecule has 0 aliphatic heterocycles. The topological polar surface area (TPSA) is 89.4 Å². The molecule has 0 radical (unpaired) electrons. The maximum atomic E-state index is 10.2. The molecule has 70 valence electrons. The van der Waals surface area contributed by atoms with Gasteiger partial charge < -0.3 is 9.15 Å². The Balaban J connectivity index is 2.79. The van der Waals surface area contributed by atoms with Crippen molar-refractivity contribution < 1.29 is 14.1 Å². The van der Waals surface area contributed by atoms with Crippen LogP contribution in [0.5, 0.6) is 0 Å². The summed E-state index contributed by atoms with van der Waals surface area (Å²) in [6, 6.07) is 2.51. The Labute approximate surface area is 73.8 Å². The first-order valence-electron chi connectivity index (χ1n) is 3.61. The number of hydrogen-bond donors (Lipinski definition) is 1. The van der Waals surface area contributed by atoms with Crippen LogP contribution in [-0.2, 0) is 4.74 Å². The number of nitrogens with one attached hydrogen (secondary N) is 1. The van der Waals surface area contributed by atoms with E-state index in [-0.39, 0.29) is 17.5 Å². The van der Waals surface area contributed by atoms with Crippen molar-refractivity contribution in [3.63, 3.8) is 0 Å². The third-order valence-electron chi connectivity index (χ3n) is 1.28. The Hall–Kier alpha value is -1.85. The summed E-state index contributed by atoms with van der Waals surface area (Å²) >= 11 is 0. The molecule has 6 heteroatoms. The van der Waals surface area contributed by atoms with Crippen LogP contribution in [0.1, 0.15) is 12.7 Å². The van der Waals surface area contributed by atoms with Crippen LogP contribution in [0.4, 0.5) is 5.88 Å². The molecule has 0 aliphatic carbocycles. The summed E-state index contributed by atoms with van der Waals surface area (Å²) in [7, 11) is 0. The SMILES string of the molecule is CCOC(=N)c1ccc([N+](=O)[O-])o1. The van der Waals surface area contributed by atoms with Crippen LogP contribution in [0.3, 0.4) is 0 Å².